The lowest BCUT2D eigenvalue weighted by molar-refractivity contribution is -0.123. The van der Waals surface area contributed by atoms with E-state index in [1.54, 1.807) is 0 Å². The van der Waals surface area contributed by atoms with Crippen molar-refractivity contribution in [2.75, 3.05) is 5.32 Å². The number of fused-ring (bicyclic) bond motifs is 1. The van der Waals surface area contributed by atoms with E-state index < -0.39 is 6.04 Å². The number of benzene rings is 2. The van der Waals surface area contributed by atoms with Crippen LogP contribution in [0.15, 0.2) is 64.8 Å². The Labute approximate surface area is 157 Å². The molecular weight excluding hydrogens is 340 g/mol. The van der Waals surface area contributed by atoms with Crippen LogP contribution in [0.1, 0.15) is 24.0 Å². The summed E-state index contributed by atoms with van der Waals surface area (Å²) in [6.07, 6.45) is 2.36. The monoisotopic (exact) mass is 360 g/mol. The van der Waals surface area contributed by atoms with Gasteiger partial charge in [-0.05, 0) is 30.0 Å². The number of carbonyl (C=O) groups excluding carboxylic acids is 2. The summed E-state index contributed by atoms with van der Waals surface area (Å²) in [5.41, 5.74) is 4.23. The minimum atomic E-state index is -0.578. The number of rotatable bonds is 4. The Hall–Kier alpha value is -3.28. The molecule has 2 aliphatic heterocycles. The van der Waals surface area contributed by atoms with Gasteiger partial charge in [0.15, 0.2) is 0 Å². The van der Waals surface area contributed by atoms with Gasteiger partial charge < -0.3 is 10.6 Å². The minimum absolute atomic E-state index is 0.197. The molecule has 0 fully saturated rings. The largest absolute Gasteiger partial charge is 0.339 e. The highest BCUT2D eigenvalue weighted by molar-refractivity contribution is 6.43. The third kappa shape index (κ3) is 3.95. The van der Waals surface area contributed by atoms with Gasteiger partial charge in [0, 0.05) is 18.5 Å². The van der Waals surface area contributed by atoms with Crippen LogP contribution in [0.3, 0.4) is 0 Å². The highest BCUT2D eigenvalue weighted by Gasteiger charge is 2.28. The predicted molar refractivity (Wildman–Crippen MR) is 105 cm³/mol. The Morgan fingerprint density at radius 3 is 2.70 bits per heavy atom. The second-order valence-corrected chi connectivity index (χ2v) is 6.76. The fourth-order valence-electron chi connectivity index (χ4n) is 3.34. The highest BCUT2D eigenvalue weighted by atomic mass is 16.2. The van der Waals surface area contributed by atoms with Crippen LogP contribution >= 0.6 is 0 Å². The molecule has 6 nitrogen and oxygen atoms in total. The molecule has 0 aliphatic carbocycles. The molecule has 0 bridgehead atoms. The maximum absolute atomic E-state index is 12.5. The first kappa shape index (κ1) is 17.1. The number of nitrogens with zero attached hydrogens (tertiary/aromatic N) is 2. The summed E-state index contributed by atoms with van der Waals surface area (Å²) in [4.78, 5) is 25.0. The second-order valence-electron chi connectivity index (χ2n) is 6.76. The number of amides is 2. The van der Waals surface area contributed by atoms with Crippen LogP contribution in [0.2, 0.25) is 0 Å². The number of carbonyl (C=O) groups is 2. The number of para-hydroxylation sites is 1. The lowest BCUT2D eigenvalue weighted by Crippen LogP contribution is -2.45. The highest BCUT2D eigenvalue weighted by Crippen LogP contribution is 2.21. The normalized spacial score (nSPS) is 18.7. The summed E-state index contributed by atoms with van der Waals surface area (Å²) >= 11 is 0. The molecule has 2 amide bonds. The van der Waals surface area contributed by atoms with Crippen molar-refractivity contribution in [3.05, 3.63) is 65.7 Å². The van der Waals surface area contributed by atoms with E-state index >= 15 is 0 Å². The molecule has 2 N–H and O–H groups in total. The lowest BCUT2D eigenvalue weighted by Gasteiger charge is -2.15. The molecule has 2 aromatic rings. The fourth-order valence-corrected chi connectivity index (χ4v) is 3.34. The molecule has 2 aliphatic rings. The zero-order chi connectivity index (χ0) is 18.6. The summed E-state index contributed by atoms with van der Waals surface area (Å²) in [6.45, 7) is 0. The molecule has 2 aromatic carbocycles. The molecule has 0 aromatic heterocycles. The first-order chi connectivity index (χ1) is 13.2. The van der Waals surface area contributed by atoms with Crippen LogP contribution < -0.4 is 10.6 Å². The van der Waals surface area contributed by atoms with E-state index in [1.165, 1.54) is 0 Å². The van der Waals surface area contributed by atoms with Crippen LogP contribution in [-0.2, 0) is 22.4 Å². The minimum Gasteiger partial charge on any atom is -0.339 e. The van der Waals surface area contributed by atoms with Gasteiger partial charge in [0.2, 0.25) is 5.91 Å². The predicted octanol–water partition coefficient (Wildman–Crippen LogP) is 2.50. The van der Waals surface area contributed by atoms with Crippen molar-refractivity contribution in [3.8, 4) is 0 Å². The molecule has 6 heteroatoms. The second kappa shape index (κ2) is 7.53. The van der Waals surface area contributed by atoms with Gasteiger partial charge >= 0.3 is 0 Å². The molecule has 2 heterocycles. The van der Waals surface area contributed by atoms with Crippen molar-refractivity contribution in [3.63, 3.8) is 0 Å². The molecule has 27 heavy (non-hydrogen) atoms. The van der Waals surface area contributed by atoms with E-state index in [1.807, 2.05) is 54.6 Å². The smallest absolute Gasteiger partial charge is 0.268 e. The van der Waals surface area contributed by atoms with E-state index in [0.717, 1.165) is 28.9 Å². The van der Waals surface area contributed by atoms with Crippen LogP contribution in [-0.4, -0.2) is 29.3 Å². The molecule has 0 radical (unpaired) electrons. The summed E-state index contributed by atoms with van der Waals surface area (Å²) < 4.78 is 0. The summed E-state index contributed by atoms with van der Waals surface area (Å²) in [5.74, 6) is -0.523. The van der Waals surface area contributed by atoms with Crippen molar-refractivity contribution >= 4 is 28.9 Å². The number of hydrogen-bond acceptors (Lipinski definition) is 4. The van der Waals surface area contributed by atoms with E-state index in [9.17, 15) is 9.59 Å². The molecule has 136 valence electrons. The Balaban J connectivity index is 1.34. The first-order valence-electron chi connectivity index (χ1n) is 9.05. The number of nitrogens with one attached hydrogen (secondary N) is 2. The molecule has 1 atom stereocenters. The molecule has 4 rings (SSSR count). The Morgan fingerprint density at radius 2 is 1.85 bits per heavy atom. The van der Waals surface area contributed by atoms with Crippen LogP contribution in [0.5, 0.6) is 0 Å². The summed E-state index contributed by atoms with van der Waals surface area (Å²) in [5, 5.41) is 13.9. The zero-order valence-corrected chi connectivity index (χ0v) is 14.8. The van der Waals surface area contributed by atoms with E-state index in [-0.39, 0.29) is 11.8 Å². The first-order valence-corrected chi connectivity index (χ1v) is 9.05. The molecule has 0 saturated heterocycles. The molecular formula is C21H20N4O2. The summed E-state index contributed by atoms with van der Waals surface area (Å²) in [7, 11) is 0. The average Bonchev–Trinajstić information content (AvgIpc) is 3.09. The maximum atomic E-state index is 12.5. The van der Waals surface area contributed by atoms with Gasteiger partial charge in [-0.3, -0.25) is 9.59 Å². The van der Waals surface area contributed by atoms with E-state index in [4.69, 9.17) is 0 Å². The van der Waals surface area contributed by atoms with Gasteiger partial charge in [-0.2, -0.15) is 5.10 Å². The standard InChI is InChI=1S/C21H20N4O2/c26-20-18(11-10-15-8-4-5-9-17(15)22-20)23-21(27)19-13-16(24-25-19)12-14-6-2-1-3-7-14/h1-9,18H,10-13H2,(H,22,26)(H,23,27)/t18-/m0/s1. The van der Waals surface area contributed by atoms with Crippen molar-refractivity contribution < 1.29 is 9.59 Å². The van der Waals surface area contributed by atoms with Crippen LogP contribution in [0.4, 0.5) is 5.69 Å². The zero-order valence-electron chi connectivity index (χ0n) is 14.8. The van der Waals surface area contributed by atoms with Crippen molar-refractivity contribution in [1.82, 2.24) is 5.32 Å². The third-order valence-corrected chi connectivity index (χ3v) is 4.80. The van der Waals surface area contributed by atoms with Crippen molar-refractivity contribution in [2.45, 2.75) is 31.7 Å². The fraction of sp³-hybridized carbons (Fsp3) is 0.238. The Morgan fingerprint density at radius 1 is 1.07 bits per heavy atom. The number of hydrogen-bond donors (Lipinski definition) is 2. The maximum Gasteiger partial charge on any atom is 0.268 e. The van der Waals surface area contributed by atoms with Crippen LogP contribution in [0.25, 0.3) is 0 Å². The molecule has 0 unspecified atom stereocenters. The molecule has 0 saturated carbocycles. The van der Waals surface area contributed by atoms with Gasteiger partial charge in [-0.15, -0.1) is 5.10 Å². The number of anilines is 1. The average molecular weight is 360 g/mol. The van der Waals surface area contributed by atoms with Gasteiger partial charge in [-0.1, -0.05) is 48.5 Å². The lowest BCUT2D eigenvalue weighted by atomic mass is 10.0. The van der Waals surface area contributed by atoms with Gasteiger partial charge in [0.05, 0.1) is 5.71 Å². The topological polar surface area (TPSA) is 82.9 Å². The van der Waals surface area contributed by atoms with Crippen molar-refractivity contribution in [2.24, 2.45) is 10.2 Å². The van der Waals surface area contributed by atoms with Gasteiger partial charge in [0.25, 0.3) is 5.91 Å². The van der Waals surface area contributed by atoms with E-state index in [0.29, 0.717) is 25.0 Å². The van der Waals surface area contributed by atoms with Gasteiger partial charge in [0.1, 0.15) is 11.8 Å². The Bertz CT molecular complexity index is 934. The van der Waals surface area contributed by atoms with E-state index in [2.05, 4.69) is 20.8 Å². The summed E-state index contributed by atoms with van der Waals surface area (Å²) in [6, 6.07) is 17.1. The quantitative estimate of drug-likeness (QED) is 0.878. The number of aryl methyl sites for hydroxylation is 1. The molecule has 0 spiro atoms. The van der Waals surface area contributed by atoms with Crippen molar-refractivity contribution in [1.29, 1.82) is 0 Å². The third-order valence-electron chi connectivity index (χ3n) is 4.80. The van der Waals surface area contributed by atoms with Gasteiger partial charge in [-0.25, -0.2) is 0 Å². The SMILES string of the molecule is O=C(N[C@H]1CCc2ccccc2NC1=O)C1=NN=C(Cc2ccccc2)C1. The van der Waals surface area contributed by atoms with Crippen LogP contribution in [0, 0.1) is 0 Å². The Kier molecular flexibility index (Phi) is 4.78.